The predicted octanol–water partition coefficient (Wildman–Crippen LogP) is 2.62. The van der Waals surface area contributed by atoms with Crippen LogP contribution in [0.25, 0.3) is 16.3 Å². The molecule has 2 aromatic heterocycles. The van der Waals surface area contributed by atoms with Gasteiger partial charge < -0.3 is 5.11 Å². The number of carboxylic acids is 1. The van der Waals surface area contributed by atoms with Crippen molar-refractivity contribution in [2.45, 2.75) is 6.42 Å². The fourth-order valence-corrected chi connectivity index (χ4v) is 2.54. The average Bonchev–Trinajstić information content (AvgIpc) is 3.10. The lowest BCUT2D eigenvalue weighted by Crippen LogP contribution is -2.00. The van der Waals surface area contributed by atoms with E-state index in [1.807, 2.05) is 35.8 Å². The molecular weight excluding hydrogens is 274 g/mol. The minimum absolute atomic E-state index is 0.0259. The Kier molecular flexibility index (Phi) is 3.30. The Bertz CT molecular complexity index is 717. The largest absolute Gasteiger partial charge is 0.481 e. The normalized spacial score (nSPS) is 10.6. The van der Waals surface area contributed by atoms with E-state index in [9.17, 15) is 4.79 Å². The van der Waals surface area contributed by atoms with Gasteiger partial charge >= 0.3 is 5.97 Å². The summed E-state index contributed by atoms with van der Waals surface area (Å²) in [6.45, 7) is 0. The third-order valence-electron chi connectivity index (χ3n) is 2.82. The first kappa shape index (κ1) is 12.6. The van der Waals surface area contributed by atoms with E-state index >= 15 is 0 Å². The fourth-order valence-electron chi connectivity index (χ4n) is 1.87. The molecule has 0 saturated heterocycles. The highest BCUT2D eigenvalue weighted by atomic mass is 32.1. The van der Waals surface area contributed by atoms with Crippen LogP contribution in [-0.4, -0.2) is 26.1 Å². The van der Waals surface area contributed by atoms with Crippen LogP contribution in [0.15, 0.2) is 48.0 Å². The highest BCUT2D eigenvalue weighted by molar-refractivity contribution is 7.13. The van der Waals surface area contributed by atoms with E-state index in [-0.39, 0.29) is 6.42 Å². The smallest absolute Gasteiger partial charge is 0.307 e. The van der Waals surface area contributed by atoms with E-state index in [4.69, 9.17) is 5.11 Å². The number of hydrogen-bond acceptors (Lipinski definition) is 4. The first-order chi connectivity index (χ1) is 9.72. The number of benzene rings is 1. The van der Waals surface area contributed by atoms with Crippen molar-refractivity contribution in [2.24, 2.45) is 0 Å². The zero-order valence-electron chi connectivity index (χ0n) is 10.4. The van der Waals surface area contributed by atoms with Crippen molar-refractivity contribution in [3.05, 3.63) is 53.5 Å². The van der Waals surface area contributed by atoms with Gasteiger partial charge in [-0.2, -0.15) is 0 Å². The van der Waals surface area contributed by atoms with Gasteiger partial charge in [-0.25, -0.2) is 4.68 Å². The van der Waals surface area contributed by atoms with Crippen molar-refractivity contribution in [3.8, 4) is 16.3 Å². The van der Waals surface area contributed by atoms with Crippen molar-refractivity contribution in [3.63, 3.8) is 0 Å². The van der Waals surface area contributed by atoms with Crippen LogP contribution >= 0.6 is 11.3 Å². The molecule has 0 fully saturated rings. The van der Waals surface area contributed by atoms with Crippen molar-refractivity contribution in [1.82, 2.24) is 15.0 Å². The number of carbonyl (C=O) groups is 1. The summed E-state index contributed by atoms with van der Waals surface area (Å²) >= 11 is 1.61. The van der Waals surface area contributed by atoms with Crippen LogP contribution in [0, 0.1) is 0 Å². The molecule has 0 saturated carbocycles. The Morgan fingerprint density at radius 2 is 2.05 bits per heavy atom. The second kappa shape index (κ2) is 5.26. The lowest BCUT2D eigenvalue weighted by Gasteiger charge is -2.01. The lowest BCUT2D eigenvalue weighted by molar-refractivity contribution is -0.136. The molecule has 0 radical (unpaired) electrons. The van der Waals surface area contributed by atoms with E-state index in [0.29, 0.717) is 0 Å². The zero-order chi connectivity index (χ0) is 13.9. The van der Waals surface area contributed by atoms with Gasteiger partial charge in [-0.05, 0) is 29.1 Å². The van der Waals surface area contributed by atoms with Crippen LogP contribution < -0.4 is 0 Å². The van der Waals surface area contributed by atoms with Crippen molar-refractivity contribution >= 4 is 17.3 Å². The Morgan fingerprint density at radius 3 is 2.70 bits per heavy atom. The summed E-state index contributed by atoms with van der Waals surface area (Å²) in [6, 6.07) is 11.2. The van der Waals surface area contributed by atoms with Gasteiger partial charge in [0.05, 0.1) is 23.2 Å². The highest BCUT2D eigenvalue weighted by Gasteiger charge is 2.06. The molecule has 3 rings (SSSR count). The first-order valence-corrected chi connectivity index (χ1v) is 6.88. The second-order valence-corrected chi connectivity index (χ2v) is 5.21. The number of aliphatic carboxylic acids is 1. The minimum atomic E-state index is -0.835. The van der Waals surface area contributed by atoms with Crippen LogP contribution in [0.4, 0.5) is 0 Å². The van der Waals surface area contributed by atoms with E-state index < -0.39 is 5.97 Å². The molecule has 0 spiro atoms. The zero-order valence-corrected chi connectivity index (χ0v) is 11.2. The average molecular weight is 285 g/mol. The van der Waals surface area contributed by atoms with E-state index in [0.717, 1.165) is 21.8 Å². The summed E-state index contributed by atoms with van der Waals surface area (Å²) in [5, 5.41) is 19.0. The van der Waals surface area contributed by atoms with E-state index in [1.165, 1.54) is 0 Å². The number of rotatable bonds is 4. The predicted molar refractivity (Wildman–Crippen MR) is 76.0 cm³/mol. The minimum Gasteiger partial charge on any atom is -0.481 e. The summed E-state index contributed by atoms with van der Waals surface area (Å²) in [5.41, 5.74) is 2.45. The Balaban J connectivity index is 1.84. The standard InChI is InChI=1S/C14H11N3O2S/c18-14(19)8-10-3-5-11(6-4-10)17-9-12(15-16-17)13-2-1-7-20-13/h1-7,9H,8H2,(H,18,19). The van der Waals surface area contributed by atoms with Crippen LogP contribution in [0.5, 0.6) is 0 Å². The second-order valence-electron chi connectivity index (χ2n) is 4.26. The summed E-state index contributed by atoms with van der Waals surface area (Å²) in [6.07, 6.45) is 1.89. The lowest BCUT2D eigenvalue weighted by atomic mass is 10.1. The van der Waals surface area contributed by atoms with Gasteiger partial charge in [0.1, 0.15) is 5.69 Å². The number of aromatic nitrogens is 3. The maximum absolute atomic E-state index is 10.6. The summed E-state index contributed by atoms with van der Waals surface area (Å²) in [7, 11) is 0. The maximum Gasteiger partial charge on any atom is 0.307 e. The van der Waals surface area contributed by atoms with Crippen LogP contribution in [0.1, 0.15) is 5.56 Å². The van der Waals surface area contributed by atoms with Crippen molar-refractivity contribution in [2.75, 3.05) is 0 Å². The molecule has 0 atom stereocenters. The molecule has 0 amide bonds. The third kappa shape index (κ3) is 2.60. The molecule has 0 unspecified atom stereocenters. The van der Waals surface area contributed by atoms with E-state index in [1.54, 1.807) is 28.2 Å². The molecule has 0 aliphatic rings. The Labute approximate surface area is 119 Å². The first-order valence-electron chi connectivity index (χ1n) is 6.00. The van der Waals surface area contributed by atoms with Crippen molar-refractivity contribution < 1.29 is 9.90 Å². The molecule has 100 valence electrons. The molecule has 2 heterocycles. The maximum atomic E-state index is 10.6. The number of thiophene rings is 1. The summed E-state index contributed by atoms with van der Waals surface area (Å²) < 4.78 is 1.68. The molecular formula is C14H11N3O2S. The molecule has 1 aromatic carbocycles. The SMILES string of the molecule is O=C(O)Cc1ccc(-n2cc(-c3cccs3)nn2)cc1. The summed E-state index contributed by atoms with van der Waals surface area (Å²) in [4.78, 5) is 11.7. The molecule has 3 aromatic rings. The molecule has 1 N–H and O–H groups in total. The molecule has 0 bridgehead atoms. The molecule has 20 heavy (non-hydrogen) atoms. The quantitative estimate of drug-likeness (QED) is 0.800. The van der Waals surface area contributed by atoms with Gasteiger partial charge in [0, 0.05) is 0 Å². The monoisotopic (exact) mass is 285 g/mol. The third-order valence-corrected chi connectivity index (χ3v) is 3.72. The van der Waals surface area contributed by atoms with E-state index in [2.05, 4.69) is 10.3 Å². The molecule has 5 nitrogen and oxygen atoms in total. The Hall–Kier alpha value is -2.47. The number of hydrogen-bond donors (Lipinski definition) is 1. The summed E-state index contributed by atoms with van der Waals surface area (Å²) in [5.74, 6) is -0.835. The number of nitrogens with zero attached hydrogens (tertiary/aromatic N) is 3. The van der Waals surface area contributed by atoms with Gasteiger partial charge in [0.2, 0.25) is 0 Å². The van der Waals surface area contributed by atoms with Crippen LogP contribution in [-0.2, 0) is 11.2 Å². The molecule has 0 aliphatic carbocycles. The van der Waals surface area contributed by atoms with Crippen LogP contribution in [0.3, 0.4) is 0 Å². The number of carboxylic acid groups (broad SMARTS) is 1. The highest BCUT2D eigenvalue weighted by Crippen LogP contribution is 2.22. The fraction of sp³-hybridized carbons (Fsp3) is 0.0714. The van der Waals surface area contributed by atoms with Crippen LogP contribution in [0.2, 0.25) is 0 Å². The van der Waals surface area contributed by atoms with Crippen molar-refractivity contribution in [1.29, 1.82) is 0 Å². The topological polar surface area (TPSA) is 68.0 Å². The molecule has 6 heteroatoms. The van der Waals surface area contributed by atoms with Gasteiger partial charge in [-0.3, -0.25) is 4.79 Å². The van der Waals surface area contributed by atoms with Gasteiger partial charge in [0.15, 0.2) is 0 Å². The van der Waals surface area contributed by atoms with Gasteiger partial charge in [0.25, 0.3) is 0 Å². The molecule has 0 aliphatic heterocycles. The van der Waals surface area contributed by atoms with Gasteiger partial charge in [-0.1, -0.05) is 23.4 Å². The Morgan fingerprint density at radius 1 is 1.25 bits per heavy atom. The van der Waals surface area contributed by atoms with Gasteiger partial charge in [-0.15, -0.1) is 16.4 Å².